The van der Waals surface area contributed by atoms with E-state index in [1.807, 2.05) is 0 Å². The molecule has 1 aliphatic carbocycles. The predicted octanol–water partition coefficient (Wildman–Crippen LogP) is 0.172. The zero-order valence-electron chi connectivity index (χ0n) is 12.2. The first-order valence-corrected chi connectivity index (χ1v) is 8.95. The largest absolute Gasteiger partial charge is 0.480 e. The lowest BCUT2D eigenvalue weighted by molar-refractivity contribution is -0.152. The molecule has 1 saturated heterocycles. The lowest BCUT2D eigenvalue weighted by Crippen LogP contribution is -2.60. The summed E-state index contributed by atoms with van der Waals surface area (Å²) in [5.41, 5.74) is -1.09. The second kappa shape index (κ2) is 5.92. The average Bonchev–Trinajstić information content (AvgIpc) is 2.42. The molecule has 2 aliphatic rings. The van der Waals surface area contributed by atoms with Crippen molar-refractivity contribution in [2.24, 2.45) is 5.92 Å². The lowest BCUT2D eigenvalue weighted by Gasteiger charge is -2.40. The minimum absolute atomic E-state index is 0.0615. The summed E-state index contributed by atoms with van der Waals surface area (Å²) in [5, 5.41) is 11.9. The van der Waals surface area contributed by atoms with Crippen molar-refractivity contribution in [1.82, 2.24) is 9.62 Å². The SMILES string of the molecule is CCS(=O)(=O)N1CCC(C(=O)NC2(C(=O)O)CCC2)CC1. The van der Waals surface area contributed by atoms with Gasteiger partial charge in [0.2, 0.25) is 15.9 Å². The molecule has 1 saturated carbocycles. The number of amides is 1. The number of carbonyl (C=O) groups is 2. The van der Waals surface area contributed by atoms with Crippen LogP contribution in [0.3, 0.4) is 0 Å². The number of carbonyl (C=O) groups excluding carboxylic acids is 1. The van der Waals surface area contributed by atoms with Crippen LogP contribution < -0.4 is 5.32 Å². The van der Waals surface area contributed by atoms with Crippen LogP contribution in [0.1, 0.15) is 39.0 Å². The van der Waals surface area contributed by atoms with Crippen LogP contribution in [0.15, 0.2) is 0 Å². The van der Waals surface area contributed by atoms with Crippen LogP contribution in [0.2, 0.25) is 0 Å². The third-order valence-corrected chi connectivity index (χ3v) is 6.44. The summed E-state index contributed by atoms with van der Waals surface area (Å²) >= 11 is 0. The van der Waals surface area contributed by atoms with Crippen LogP contribution in [0.4, 0.5) is 0 Å². The summed E-state index contributed by atoms with van der Waals surface area (Å²) in [5.74, 6) is -1.48. The fourth-order valence-corrected chi connectivity index (χ4v) is 3.97. The molecule has 1 aliphatic heterocycles. The molecule has 0 bridgehead atoms. The van der Waals surface area contributed by atoms with E-state index in [1.54, 1.807) is 6.92 Å². The molecule has 0 spiro atoms. The Hall–Kier alpha value is -1.15. The molecular formula is C13H22N2O5S. The summed E-state index contributed by atoms with van der Waals surface area (Å²) in [6.07, 6.45) is 2.63. The summed E-state index contributed by atoms with van der Waals surface area (Å²) in [6, 6.07) is 0. The minimum atomic E-state index is -3.20. The molecule has 120 valence electrons. The number of rotatable bonds is 5. The molecule has 0 unspecified atom stereocenters. The Bertz CT molecular complexity index is 519. The first-order chi connectivity index (χ1) is 9.81. The molecule has 21 heavy (non-hydrogen) atoms. The molecule has 7 nitrogen and oxygen atoms in total. The maximum absolute atomic E-state index is 12.2. The van der Waals surface area contributed by atoms with E-state index in [-0.39, 0.29) is 17.6 Å². The highest BCUT2D eigenvalue weighted by Gasteiger charge is 2.46. The van der Waals surface area contributed by atoms with Crippen LogP contribution in [0.25, 0.3) is 0 Å². The molecule has 0 aromatic rings. The number of piperidine rings is 1. The van der Waals surface area contributed by atoms with Crippen LogP contribution in [0, 0.1) is 5.92 Å². The van der Waals surface area contributed by atoms with Gasteiger partial charge in [0.05, 0.1) is 5.75 Å². The zero-order valence-corrected chi connectivity index (χ0v) is 13.0. The standard InChI is InChI=1S/C13H22N2O5S/c1-2-21(19,20)15-8-4-10(5-9-15)11(16)14-13(12(17)18)6-3-7-13/h10H,2-9H2,1H3,(H,14,16)(H,17,18). The van der Waals surface area contributed by atoms with Gasteiger partial charge >= 0.3 is 5.97 Å². The molecule has 0 radical (unpaired) electrons. The van der Waals surface area contributed by atoms with Crippen molar-refractivity contribution in [3.05, 3.63) is 0 Å². The van der Waals surface area contributed by atoms with Crippen LogP contribution >= 0.6 is 0 Å². The number of hydrogen-bond donors (Lipinski definition) is 2. The van der Waals surface area contributed by atoms with Crippen molar-refractivity contribution in [2.75, 3.05) is 18.8 Å². The van der Waals surface area contributed by atoms with E-state index in [2.05, 4.69) is 5.32 Å². The van der Waals surface area contributed by atoms with Gasteiger partial charge in [-0.25, -0.2) is 17.5 Å². The number of carboxylic acid groups (broad SMARTS) is 1. The van der Waals surface area contributed by atoms with Crippen molar-refractivity contribution in [3.63, 3.8) is 0 Å². The summed E-state index contributed by atoms with van der Waals surface area (Å²) in [4.78, 5) is 23.4. The number of aliphatic carboxylic acids is 1. The van der Waals surface area contributed by atoms with Crippen molar-refractivity contribution in [1.29, 1.82) is 0 Å². The Morgan fingerprint density at radius 3 is 2.24 bits per heavy atom. The summed E-state index contributed by atoms with van der Waals surface area (Å²) in [7, 11) is -3.20. The third-order valence-electron chi connectivity index (χ3n) is 4.56. The highest BCUT2D eigenvalue weighted by molar-refractivity contribution is 7.89. The number of nitrogens with one attached hydrogen (secondary N) is 1. The van der Waals surface area contributed by atoms with Gasteiger partial charge < -0.3 is 10.4 Å². The molecule has 2 fully saturated rings. The molecular weight excluding hydrogens is 296 g/mol. The van der Waals surface area contributed by atoms with Gasteiger partial charge in [-0.05, 0) is 39.0 Å². The van der Waals surface area contributed by atoms with Gasteiger partial charge in [0.1, 0.15) is 5.54 Å². The molecule has 2 N–H and O–H groups in total. The fourth-order valence-electron chi connectivity index (χ4n) is 2.84. The van der Waals surface area contributed by atoms with Gasteiger partial charge in [-0.3, -0.25) is 4.79 Å². The van der Waals surface area contributed by atoms with Crippen molar-refractivity contribution in [2.45, 2.75) is 44.6 Å². The molecule has 0 aromatic carbocycles. The van der Waals surface area contributed by atoms with Crippen molar-refractivity contribution in [3.8, 4) is 0 Å². The normalized spacial score (nSPS) is 23.3. The second-order valence-electron chi connectivity index (χ2n) is 5.80. The first kappa shape index (κ1) is 16.2. The van der Waals surface area contributed by atoms with E-state index < -0.39 is 21.5 Å². The summed E-state index contributed by atoms with van der Waals surface area (Å²) in [6.45, 7) is 2.25. The molecule has 1 amide bonds. The van der Waals surface area contributed by atoms with Gasteiger partial charge in [0.25, 0.3) is 0 Å². The fraction of sp³-hybridized carbons (Fsp3) is 0.846. The van der Waals surface area contributed by atoms with Crippen LogP contribution in [-0.2, 0) is 19.6 Å². The predicted molar refractivity (Wildman–Crippen MR) is 76.1 cm³/mol. The average molecular weight is 318 g/mol. The number of carboxylic acids is 1. The zero-order chi connectivity index (χ0) is 15.7. The molecule has 1 heterocycles. The Balaban J connectivity index is 1.90. The number of sulfonamides is 1. The Kier molecular flexibility index (Phi) is 4.57. The van der Waals surface area contributed by atoms with Crippen LogP contribution in [0.5, 0.6) is 0 Å². The quantitative estimate of drug-likeness (QED) is 0.752. The van der Waals surface area contributed by atoms with Crippen molar-refractivity contribution < 1.29 is 23.1 Å². The van der Waals surface area contributed by atoms with Gasteiger partial charge in [-0.1, -0.05) is 0 Å². The Labute approximate surface area is 124 Å². The molecule has 8 heteroatoms. The second-order valence-corrected chi connectivity index (χ2v) is 8.06. The Morgan fingerprint density at radius 1 is 1.29 bits per heavy atom. The highest BCUT2D eigenvalue weighted by atomic mass is 32.2. The van der Waals surface area contributed by atoms with Crippen LogP contribution in [-0.4, -0.2) is 54.1 Å². The smallest absolute Gasteiger partial charge is 0.329 e. The number of nitrogens with zero attached hydrogens (tertiary/aromatic N) is 1. The molecule has 2 rings (SSSR count). The van der Waals surface area contributed by atoms with E-state index in [1.165, 1.54) is 4.31 Å². The summed E-state index contributed by atoms with van der Waals surface area (Å²) < 4.78 is 24.9. The Morgan fingerprint density at radius 2 is 1.86 bits per heavy atom. The van der Waals surface area contributed by atoms with Crippen molar-refractivity contribution >= 4 is 21.9 Å². The topological polar surface area (TPSA) is 104 Å². The van der Waals surface area contributed by atoms with Gasteiger partial charge in [-0.15, -0.1) is 0 Å². The van der Waals surface area contributed by atoms with E-state index >= 15 is 0 Å². The van der Waals surface area contributed by atoms with Gasteiger partial charge in [-0.2, -0.15) is 0 Å². The maximum Gasteiger partial charge on any atom is 0.329 e. The monoisotopic (exact) mass is 318 g/mol. The van der Waals surface area contributed by atoms with E-state index in [0.717, 1.165) is 6.42 Å². The highest BCUT2D eigenvalue weighted by Crippen LogP contribution is 2.33. The molecule has 0 atom stereocenters. The first-order valence-electron chi connectivity index (χ1n) is 7.34. The van der Waals surface area contributed by atoms with E-state index in [0.29, 0.717) is 38.8 Å². The number of hydrogen-bond acceptors (Lipinski definition) is 4. The van der Waals surface area contributed by atoms with Gasteiger partial charge in [0.15, 0.2) is 0 Å². The third kappa shape index (κ3) is 3.21. The molecule has 0 aromatic heterocycles. The van der Waals surface area contributed by atoms with Gasteiger partial charge in [0, 0.05) is 19.0 Å². The van der Waals surface area contributed by atoms with E-state index in [9.17, 15) is 23.1 Å². The lowest BCUT2D eigenvalue weighted by atomic mass is 9.76. The maximum atomic E-state index is 12.2. The minimum Gasteiger partial charge on any atom is -0.480 e. The van der Waals surface area contributed by atoms with E-state index in [4.69, 9.17) is 0 Å².